The van der Waals surface area contributed by atoms with Crippen molar-refractivity contribution in [3.05, 3.63) is 54.2 Å². The first-order chi connectivity index (χ1) is 12.3. The van der Waals surface area contributed by atoms with Crippen LogP contribution in [0.1, 0.15) is 18.4 Å². The van der Waals surface area contributed by atoms with Crippen LogP contribution in [0.25, 0.3) is 0 Å². The highest BCUT2D eigenvalue weighted by atomic mass is 16.5. The van der Waals surface area contributed by atoms with Crippen LogP contribution in [-0.2, 0) is 11.3 Å². The van der Waals surface area contributed by atoms with Crippen LogP contribution in [-0.4, -0.2) is 48.4 Å². The van der Waals surface area contributed by atoms with Gasteiger partial charge < -0.3 is 14.2 Å². The Morgan fingerprint density at radius 2 is 2.04 bits per heavy atom. The Labute approximate surface area is 148 Å². The molecule has 1 aromatic heterocycles. The molecule has 2 aliphatic rings. The van der Waals surface area contributed by atoms with Gasteiger partial charge in [-0.3, -0.25) is 4.90 Å². The third-order valence-electron chi connectivity index (χ3n) is 5.11. The van der Waals surface area contributed by atoms with E-state index in [-0.39, 0.29) is 12.2 Å². The van der Waals surface area contributed by atoms with E-state index in [1.165, 1.54) is 5.56 Å². The second-order valence-corrected chi connectivity index (χ2v) is 6.62. The lowest BCUT2D eigenvalue weighted by Gasteiger charge is -2.39. The predicted molar refractivity (Wildman–Crippen MR) is 94.8 cm³/mol. The fraction of sp³-hybridized carbons (Fsp3) is 0.450. The molecule has 2 aromatic rings. The van der Waals surface area contributed by atoms with Gasteiger partial charge in [-0.1, -0.05) is 18.2 Å². The lowest BCUT2D eigenvalue weighted by atomic mass is 10.1. The minimum Gasteiger partial charge on any atom is -0.497 e. The van der Waals surface area contributed by atoms with Crippen LogP contribution in [0.2, 0.25) is 0 Å². The van der Waals surface area contributed by atoms with Crippen molar-refractivity contribution >= 4 is 0 Å². The summed E-state index contributed by atoms with van der Waals surface area (Å²) in [5, 5.41) is 0. The van der Waals surface area contributed by atoms with Crippen LogP contribution < -0.4 is 9.47 Å². The Morgan fingerprint density at radius 1 is 1.16 bits per heavy atom. The predicted octanol–water partition coefficient (Wildman–Crippen LogP) is 2.90. The van der Waals surface area contributed by atoms with Gasteiger partial charge in [-0.05, 0) is 36.6 Å². The van der Waals surface area contributed by atoms with Crippen LogP contribution in [0.4, 0.5) is 0 Å². The second kappa shape index (κ2) is 7.42. The molecule has 1 aromatic carbocycles. The fourth-order valence-corrected chi connectivity index (χ4v) is 3.85. The number of ether oxygens (including phenoxy) is 3. The topological polar surface area (TPSA) is 43.8 Å². The summed E-state index contributed by atoms with van der Waals surface area (Å²) >= 11 is 0. The van der Waals surface area contributed by atoms with Gasteiger partial charge in [0.05, 0.1) is 13.7 Å². The minimum absolute atomic E-state index is 0.0820. The summed E-state index contributed by atoms with van der Waals surface area (Å²) in [6.07, 6.45) is 4.07. The SMILES string of the molecule is COc1ccc(CN2CCO[C@H]3[C@H](Oc4ccccn4)CC[C@@H]32)cc1. The summed E-state index contributed by atoms with van der Waals surface area (Å²) in [7, 11) is 1.70. The maximum atomic E-state index is 6.09. The number of benzene rings is 1. The number of fused-ring (bicyclic) bond motifs is 1. The molecule has 2 fully saturated rings. The summed E-state index contributed by atoms with van der Waals surface area (Å²) in [6.45, 7) is 2.65. The first-order valence-electron chi connectivity index (χ1n) is 8.90. The molecule has 0 amide bonds. The molecule has 1 aliphatic heterocycles. The lowest BCUT2D eigenvalue weighted by Crippen LogP contribution is -2.51. The van der Waals surface area contributed by atoms with Gasteiger partial charge in [-0.2, -0.15) is 0 Å². The van der Waals surface area contributed by atoms with Crippen molar-refractivity contribution in [2.24, 2.45) is 0 Å². The van der Waals surface area contributed by atoms with E-state index >= 15 is 0 Å². The zero-order valence-corrected chi connectivity index (χ0v) is 14.5. The monoisotopic (exact) mass is 340 g/mol. The normalized spacial score (nSPS) is 26.2. The van der Waals surface area contributed by atoms with E-state index in [2.05, 4.69) is 22.0 Å². The molecule has 1 saturated heterocycles. The third kappa shape index (κ3) is 3.62. The molecular weight excluding hydrogens is 316 g/mol. The summed E-state index contributed by atoms with van der Waals surface area (Å²) in [4.78, 5) is 6.81. The highest BCUT2D eigenvalue weighted by molar-refractivity contribution is 5.27. The number of hydrogen-bond acceptors (Lipinski definition) is 5. The molecule has 0 N–H and O–H groups in total. The second-order valence-electron chi connectivity index (χ2n) is 6.62. The first kappa shape index (κ1) is 16.4. The smallest absolute Gasteiger partial charge is 0.213 e. The molecule has 3 atom stereocenters. The number of rotatable bonds is 5. The zero-order valence-electron chi connectivity index (χ0n) is 14.5. The lowest BCUT2D eigenvalue weighted by molar-refractivity contribution is -0.0922. The Morgan fingerprint density at radius 3 is 2.80 bits per heavy atom. The number of morpholine rings is 1. The van der Waals surface area contributed by atoms with Gasteiger partial charge in [0.1, 0.15) is 18.0 Å². The van der Waals surface area contributed by atoms with E-state index < -0.39 is 0 Å². The van der Waals surface area contributed by atoms with E-state index in [0.29, 0.717) is 11.9 Å². The van der Waals surface area contributed by atoms with Crippen LogP contribution in [0.3, 0.4) is 0 Å². The zero-order chi connectivity index (χ0) is 17.1. The van der Waals surface area contributed by atoms with E-state index in [9.17, 15) is 0 Å². The molecule has 4 rings (SSSR count). The Kier molecular flexibility index (Phi) is 4.85. The molecule has 5 nitrogen and oxygen atoms in total. The maximum absolute atomic E-state index is 6.09. The molecule has 0 bridgehead atoms. The van der Waals surface area contributed by atoms with E-state index in [4.69, 9.17) is 14.2 Å². The average molecular weight is 340 g/mol. The number of nitrogens with zero attached hydrogens (tertiary/aromatic N) is 2. The molecule has 2 heterocycles. The Balaban J connectivity index is 1.42. The average Bonchev–Trinajstić information content (AvgIpc) is 3.07. The molecule has 0 spiro atoms. The van der Waals surface area contributed by atoms with E-state index in [0.717, 1.165) is 38.3 Å². The molecule has 0 radical (unpaired) electrons. The standard InChI is InChI=1S/C20H24N2O3/c1-23-16-7-5-15(6-8-16)14-22-12-13-24-20-17(22)9-10-18(20)25-19-4-2-3-11-21-19/h2-8,11,17-18,20H,9-10,12-14H2,1H3/t17-,18+,20+/m0/s1. The number of pyridine rings is 1. The molecule has 5 heteroatoms. The van der Waals surface area contributed by atoms with Crippen molar-refractivity contribution in [2.45, 2.75) is 37.6 Å². The highest BCUT2D eigenvalue weighted by Crippen LogP contribution is 2.33. The van der Waals surface area contributed by atoms with Gasteiger partial charge in [0.25, 0.3) is 0 Å². The summed E-state index contributed by atoms with van der Waals surface area (Å²) in [5.74, 6) is 1.58. The van der Waals surface area contributed by atoms with Crippen LogP contribution in [0.15, 0.2) is 48.7 Å². The molecule has 25 heavy (non-hydrogen) atoms. The molecule has 1 saturated carbocycles. The quantitative estimate of drug-likeness (QED) is 0.837. The number of methoxy groups -OCH3 is 1. The fourth-order valence-electron chi connectivity index (χ4n) is 3.85. The molecule has 1 aliphatic carbocycles. The van der Waals surface area contributed by atoms with Gasteiger partial charge in [0.15, 0.2) is 0 Å². The van der Waals surface area contributed by atoms with Crippen molar-refractivity contribution in [3.63, 3.8) is 0 Å². The van der Waals surface area contributed by atoms with Crippen molar-refractivity contribution in [1.82, 2.24) is 9.88 Å². The van der Waals surface area contributed by atoms with Gasteiger partial charge >= 0.3 is 0 Å². The largest absolute Gasteiger partial charge is 0.497 e. The Hall–Kier alpha value is -2.11. The van der Waals surface area contributed by atoms with Gasteiger partial charge in [0.2, 0.25) is 5.88 Å². The first-order valence-corrected chi connectivity index (χ1v) is 8.90. The molecular formula is C20H24N2O3. The van der Waals surface area contributed by atoms with Crippen molar-refractivity contribution in [3.8, 4) is 11.6 Å². The minimum atomic E-state index is 0.0820. The highest BCUT2D eigenvalue weighted by Gasteiger charge is 2.44. The third-order valence-corrected chi connectivity index (χ3v) is 5.11. The molecule has 0 unspecified atom stereocenters. The van der Waals surface area contributed by atoms with Crippen molar-refractivity contribution in [1.29, 1.82) is 0 Å². The van der Waals surface area contributed by atoms with Crippen molar-refractivity contribution in [2.75, 3.05) is 20.3 Å². The summed E-state index contributed by atoms with van der Waals surface area (Å²) in [6, 6.07) is 14.5. The van der Waals surface area contributed by atoms with Crippen LogP contribution in [0.5, 0.6) is 11.6 Å². The van der Waals surface area contributed by atoms with E-state index in [1.807, 2.05) is 30.3 Å². The maximum Gasteiger partial charge on any atom is 0.213 e. The Bertz CT molecular complexity index is 677. The van der Waals surface area contributed by atoms with Gasteiger partial charge in [0, 0.05) is 31.4 Å². The van der Waals surface area contributed by atoms with E-state index in [1.54, 1.807) is 13.3 Å². The summed E-state index contributed by atoms with van der Waals surface area (Å²) < 4.78 is 17.4. The van der Waals surface area contributed by atoms with Crippen LogP contribution in [0, 0.1) is 0 Å². The van der Waals surface area contributed by atoms with Gasteiger partial charge in [-0.15, -0.1) is 0 Å². The number of hydrogen-bond donors (Lipinski definition) is 0. The van der Waals surface area contributed by atoms with Crippen molar-refractivity contribution < 1.29 is 14.2 Å². The van der Waals surface area contributed by atoms with Crippen LogP contribution >= 0.6 is 0 Å². The molecule has 132 valence electrons. The summed E-state index contributed by atoms with van der Waals surface area (Å²) in [5.41, 5.74) is 1.30. The van der Waals surface area contributed by atoms with Gasteiger partial charge in [-0.25, -0.2) is 4.98 Å². The number of aromatic nitrogens is 1.